The Morgan fingerprint density at radius 1 is 1.22 bits per heavy atom. The Bertz CT molecular complexity index is 593. The second-order valence-corrected chi connectivity index (χ2v) is 7.70. The fourth-order valence-electron chi connectivity index (χ4n) is 3.46. The minimum absolute atomic E-state index is 0. The molecule has 0 saturated heterocycles. The molecule has 1 aromatic heterocycles. The van der Waals surface area contributed by atoms with Crippen LogP contribution in [0, 0.1) is 0 Å². The Kier molecular flexibility index (Phi) is 6.93. The first-order chi connectivity index (χ1) is 10.7. The molecule has 0 unspecified atom stereocenters. The molecule has 0 spiro atoms. The molecular formula is C18H24Cl2N2S. The Morgan fingerprint density at radius 2 is 2.00 bits per heavy atom. The van der Waals surface area contributed by atoms with Gasteiger partial charge in [-0.25, -0.2) is 0 Å². The largest absolute Gasteiger partial charge is 0.330 e. The number of hydrogen-bond acceptors (Lipinski definition) is 3. The molecule has 1 aliphatic rings. The summed E-state index contributed by atoms with van der Waals surface area (Å²) in [4.78, 5) is 1.41. The van der Waals surface area contributed by atoms with Gasteiger partial charge in [-0.1, -0.05) is 29.8 Å². The van der Waals surface area contributed by atoms with E-state index < -0.39 is 0 Å². The Balaban J connectivity index is 0.00000192. The topological polar surface area (TPSA) is 38.0 Å². The summed E-state index contributed by atoms with van der Waals surface area (Å²) < 4.78 is 0. The van der Waals surface area contributed by atoms with Crippen molar-refractivity contribution in [3.8, 4) is 0 Å². The summed E-state index contributed by atoms with van der Waals surface area (Å²) in [6.07, 6.45) is 4.61. The highest BCUT2D eigenvalue weighted by Crippen LogP contribution is 2.39. The summed E-state index contributed by atoms with van der Waals surface area (Å²) >= 11 is 7.98. The Labute approximate surface area is 153 Å². The van der Waals surface area contributed by atoms with Crippen molar-refractivity contribution in [1.29, 1.82) is 0 Å². The van der Waals surface area contributed by atoms with Crippen LogP contribution in [-0.2, 0) is 12.0 Å². The highest BCUT2D eigenvalue weighted by atomic mass is 35.5. The molecule has 23 heavy (non-hydrogen) atoms. The molecule has 126 valence electrons. The molecule has 1 heterocycles. The van der Waals surface area contributed by atoms with E-state index in [9.17, 15) is 0 Å². The minimum atomic E-state index is 0. The third-order valence-corrected chi connectivity index (χ3v) is 6.03. The minimum Gasteiger partial charge on any atom is -0.330 e. The van der Waals surface area contributed by atoms with E-state index in [4.69, 9.17) is 17.3 Å². The van der Waals surface area contributed by atoms with Gasteiger partial charge in [-0.2, -0.15) is 0 Å². The van der Waals surface area contributed by atoms with Crippen LogP contribution in [0.2, 0.25) is 5.02 Å². The van der Waals surface area contributed by atoms with Gasteiger partial charge in [0.25, 0.3) is 0 Å². The normalized spacial score (nSPS) is 24.2. The van der Waals surface area contributed by atoms with Gasteiger partial charge in [0.05, 0.1) is 0 Å². The van der Waals surface area contributed by atoms with Crippen LogP contribution in [-0.4, -0.2) is 12.6 Å². The molecule has 5 heteroatoms. The molecule has 0 amide bonds. The predicted molar refractivity (Wildman–Crippen MR) is 103 cm³/mol. The van der Waals surface area contributed by atoms with E-state index in [1.807, 2.05) is 23.5 Å². The van der Waals surface area contributed by atoms with Crippen LogP contribution in [0.5, 0.6) is 0 Å². The maximum atomic E-state index is 6.17. The van der Waals surface area contributed by atoms with Gasteiger partial charge in [0.15, 0.2) is 0 Å². The van der Waals surface area contributed by atoms with Gasteiger partial charge < -0.3 is 11.1 Å². The predicted octanol–water partition coefficient (Wildman–Crippen LogP) is 4.75. The lowest BCUT2D eigenvalue weighted by atomic mass is 9.68. The molecule has 3 N–H and O–H groups in total. The number of nitrogens with two attached hydrogens (primary N) is 1. The van der Waals surface area contributed by atoms with Crippen molar-refractivity contribution in [3.05, 3.63) is 57.2 Å². The quantitative estimate of drug-likeness (QED) is 0.796. The van der Waals surface area contributed by atoms with Gasteiger partial charge in [-0.15, -0.1) is 23.7 Å². The molecule has 0 aliphatic heterocycles. The van der Waals surface area contributed by atoms with Crippen LogP contribution >= 0.6 is 35.3 Å². The zero-order valence-corrected chi connectivity index (χ0v) is 15.5. The number of rotatable bonds is 5. The Hall–Kier alpha value is -0.580. The third-order valence-electron chi connectivity index (χ3n) is 4.92. The molecule has 0 atom stereocenters. The molecular weight excluding hydrogens is 347 g/mol. The first-order valence-electron chi connectivity index (χ1n) is 7.94. The van der Waals surface area contributed by atoms with Crippen molar-refractivity contribution < 1.29 is 0 Å². The number of hydrogen-bond donors (Lipinski definition) is 2. The van der Waals surface area contributed by atoms with Gasteiger partial charge >= 0.3 is 0 Å². The average molecular weight is 371 g/mol. The smallest absolute Gasteiger partial charge is 0.0408 e. The van der Waals surface area contributed by atoms with Crippen LogP contribution in [0.4, 0.5) is 0 Å². The number of halogens is 2. The molecule has 1 saturated carbocycles. The Morgan fingerprint density at radius 3 is 2.61 bits per heavy atom. The second-order valence-electron chi connectivity index (χ2n) is 6.23. The van der Waals surface area contributed by atoms with Crippen molar-refractivity contribution in [3.63, 3.8) is 0 Å². The molecule has 1 aromatic carbocycles. The molecule has 3 rings (SSSR count). The van der Waals surface area contributed by atoms with Crippen LogP contribution in [0.25, 0.3) is 0 Å². The lowest BCUT2D eigenvalue weighted by Crippen LogP contribution is -2.43. The van der Waals surface area contributed by atoms with Crippen LogP contribution in [0.15, 0.2) is 41.8 Å². The maximum absolute atomic E-state index is 6.17. The van der Waals surface area contributed by atoms with Gasteiger partial charge in [-0.3, -0.25) is 0 Å². The van der Waals surface area contributed by atoms with E-state index in [2.05, 4.69) is 35.0 Å². The molecule has 2 nitrogen and oxygen atoms in total. The summed E-state index contributed by atoms with van der Waals surface area (Å²) in [5.41, 5.74) is 7.56. The average Bonchev–Trinajstić information content (AvgIpc) is 3.07. The first-order valence-corrected chi connectivity index (χ1v) is 9.19. The van der Waals surface area contributed by atoms with Gasteiger partial charge in [0, 0.05) is 34.4 Å². The molecule has 1 aliphatic carbocycles. The molecule has 0 bridgehead atoms. The number of nitrogens with one attached hydrogen (secondary N) is 1. The van der Waals surface area contributed by atoms with Gasteiger partial charge in [0.2, 0.25) is 0 Å². The van der Waals surface area contributed by atoms with E-state index in [-0.39, 0.29) is 17.8 Å². The van der Waals surface area contributed by atoms with E-state index in [0.717, 1.165) is 24.4 Å². The summed E-state index contributed by atoms with van der Waals surface area (Å²) in [5, 5.41) is 6.64. The molecule has 2 aromatic rings. The van der Waals surface area contributed by atoms with Crippen LogP contribution in [0.3, 0.4) is 0 Å². The number of thiophene rings is 1. The lowest BCUT2D eigenvalue weighted by Gasteiger charge is -2.40. The van der Waals surface area contributed by atoms with Gasteiger partial charge in [0.1, 0.15) is 0 Å². The second kappa shape index (κ2) is 8.50. The standard InChI is InChI=1S/C18H23ClN2S.ClH/c19-15-4-1-3-14(11-15)18(13-20)8-6-16(7-9-18)21-12-17-5-2-10-22-17;/h1-5,10-11,16,21H,6-9,12-13,20H2;1H/t16-,18-;. The zero-order chi connectivity index (χ0) is 15.4. The summed E-state index contributed by atoms with van der Waals surface area (Å²) in [6.45, 7) is 1.68. The van der Waals surface area contributed by atoms with Crippen molar-refractivity contribution >= 4 is 35.3 Å². The van der Waals surface area contributed by atoms with Crippen LogP contribution in [0.1, 0.15) is 36.1 Å². The number of benzene rings is 1. The first kappa shape index (κ1) is 18.8. The van der Waals surface area contributed by atoms with E-state index in [1.54, 1.807) is 0 Å². The monoisotopic (exact) mass is 370 g/mol. The van der Waals surface area contributed by atoms with Gasteiger partial charge in [-0.05, 0) is 54.8 Å². The molecule has 0 radical (unpaired) electrons. The van der Waals surface area contributed by atoms with Crippen molar-refractivity contribution in [2.45, 2.75) is 43.7 Å². The fraction of sp³-hybridized carbons (Fsp3) is 0.444. The van der Waals surface area contributed by atoms with Crippen LogP contribution < -0.4 is 11.1 Å². The molecule has 1 fully saturated rings. The lowest BCUT2D eigenvalue weighted by molar-refractivity contribution is 0.251. The summed E-state index contributed by atoms with van der Waals surface area (Å²) in [7, 11) is 0. The third kappa shape index (κ3) is 4.49. The van der Waals surface area contributed by atoms with E-state index >= 15 is 0 Å². The summed E-state index contributed by atoms with van der Waals surface area (Å²) in [5.74, 6) is 0. The zero-order valence-electron chi connectivity index (χ0n) is 13.1. The van der Waals surface area contributed by atoms with Crippen molar-refractivity contribution in [2.75, 3.05) is 6.54 Å². The highest BCUT2D eigenvalue weighted by Gasteiger charge is 2.35. The van der Waals surface area contributed by atoms with Crippen molar-refractivity contribution in [2.24, 2.45) is 5.73 Å². The maximum Gasteiger partial charge on any atom is 0.0408 e. The summed E-state index contributed by atoms with van der Waals surface area (Å²) in [6, 6.07) is 13.1. The van der Waals surface area contributed by atoms with E-state index in [1.165, 1.54) is 23.3 Å². The SMILES string of the molecule is Cl.NC[C@]1(c2cccc(Cl)c2)CC[C@H](NCc2cccs2)CC1. The highest BCUT2D eigenvalue weighted by molar-refractivity contribution is 7.09. The van der Waals surface area contributed by atoms with E-state index in [0.29, 0.717) is 12.6 Å². The van der Waals surface area contributed by atoms with Crippen molar-refractivity contribution in [1.82, 2.24) is 5.32 Å². The fourth-order valence-corrected chi connectivity index (χ4v) is 4.31.